The summed E-state index contributed by atoms with van der Waals surface area (Å²) in [7, 11) is 0. The maximum Gasteiger partial charge on any atom is 0.262 e. The number of nitrogens with zero attached hydrogens (tertiary/aromatic N) is 1. The SMILES string of the molecule is CCC(NC(=O)c1cc2sccc2s1)c1ncc[nH]1. The standard InChI is InChI=1S/C13H13N3OS2/c1-2-8(12-14-4-5-15-12)16-13(17)11-7-10-9(19-11)3-6-18-10/h3-8H,2H2,1H3,(H,14,15)(H,16,17). The molecular formula is C13H13N3OS2. The molecule has 19 heavy (non-hydrogen) atoms. The first-order valence-electron chi connectivity index (χ1n) is 6.05. The van der Waals surface area contributed by atoms with Gasteiger partial charge in [-0.25, -0.2) is 4.98 Å². The predicted molar refractivity (Wildman–Crippen MR) is 78.8 cm³/mol. The molecule has 2 N–H and O–H groups in total. The van der Waals surface area contributed by atoms with Crippen LogP contribution in [0.3, 0.4) is 0 Å². The van der Waals surface area contributed by atoms with Gasteiger partial charge in [-0.3, -0.25) is 4.79 Å². The zero-order valence-electron chi connectivity index (χ0n) is 10.3. The minimum Gasteiger partial charge on any atom is -0.347 e. The lowest BCUT2D eigenvalue weighted by Crippen LogP contribution is -2.28. The summed E-state index contributed by atoms with van der Waals surface area (Å²) < 4.78 is 2.34. The predicted octanol–water partition coefficient (Wildman–Crippen LogP) is 3.57. The first-order chi connectivity index (χ1) is 9.28. The Morgan fingerprint density at radius 3 is 3.11 bits per heavy atom. The van der Waals surface area contributed by atoms with Crippen molar-refractivity contribution in [3.63, 3.8) is 0 Å². The van der Waals surface area contributed by atoms with Crippen molar-refractivity contribution in [1.29, 1.82) is 0 Å². The molecule has 0 aliphatic rings. The number of hydrogen-bond donors (Lipinski definition) is 2. The van der Waals surface area contributed by atoms with E-state index in [0.717, 1.165) is 17.1 Å². The molecule has 1 atom stereocenters. The molecule has 0 aliphatic heterocycles. The van der Waals surface area contributed by atoms with Gasteiger partial charge in [-0.1, -0.05) is 6.92 Å². The van der Waals surface area contributed by atoms with Crippen molar-refractivity contribution in [2.75, 3.05) is 0 Å². The fraction of sp³-hybridized carbons (Fsp3) is 0.231. The van der Waals surface area contributed by atoms with Gasteiger partial charge in [-0.15, -0.1) is 22.7 Å². The first-order valence-corrected chi connectivity index (χ1v) is 7.74. The van der Waals surface area contributed by atoms with Gasteiger partial charge >= 0.3 is 0 Å². The number of carbonyl (C=O) groups excluding carboxylic acids is 1. The molecule has 6 heteroatoms. The molecule has 0 aliphatic carbocycles. The Balaban J connectivity index is 1.78. The lowest BCUT2D eigenvalue weighted by atomic mass is 10.2. The molecule has 3 aromatic heterocycles. The number of hydrogen-bond acceptors (Lipinski definition) is 4. The number of aromatic amines is 1. The van der Waals surface area contributed by atoms with Gasteiger partial charge in [0.1, 0.15) is 5.82 Å². The van der Waals surface area contributed by atoms with E-state index in [1.807, 2.05) is 24.4 Å². The van der Waals surface area contributed by atoms with Crippen molar-refractivity contribution in [2.24, 2.45) is 0 Å². The van der Waals surface area contributed by atoms with E-state index in [1.165, 1.54) is 20.7 Å². The molecule has 98 valence electrons. The molecule has 4 nitrogen and oxygen atoms in total. The molecule has 0 radical (unpaired) electrons. The smallest absolute Gasteiger partial charge is 0.262 e. The molecule has 0 bridgehead atoms. The van der Waals surface area contributed by atoms with E-state index >= 15 is 0 Å². The molecular weight excluding hydrogens is 278 g/mol. The summed E-state index contributed by atoms with van der Waals surface area (Å²) in [4.78, 5) is 20.2. The number of nitrogens with one attached hydrogen (secondary N) is 2. The molecule has 0 aromatic carbocycles. The van der Waals surface area contributed by atoms with Crippen LogP contribution in [0.4, 0.5) is 0 Å². The number of thiophene rings is 2. The second-order valence-corrected chi connectivity index (χ2v) is 6.20. The Labute approximate surface area is 118 Å². The van der Waals surface area contributed by atoms with E-state index in [1.54, 1.807) is 23.7 Å². The summed E-state index contributed by atoms with van der Waals surface area (Å²) in [5, 5.41) is 5.06. The summed E-state index contributed by atoms with van der Waals surface area (Å²) in [6, 6.07) is 3.93. The minimum atomic E-state index is -0.0670. The van der Waals surface area contributed by atoms with Gasteiger partial charge in [-0.05, 0) is 23.9 Å². The van der Waals surface area contributed by atoms with Crippen molar-refractivity contribution < 1.29 is 4.79 Å². The van der Waals surface area contributed by atoms with E-state index in [4.69, 9.17) is 0 Å². The Morgan fingerprint density at radius 1 is 1.53 bits per heavy atom. The largest absolute Gasteiger partial charge is 0.347 e. The third-order valence-corrected chi connectivity index (χ3v) is 5.02. The molecule has 1 unspecified atom stereocenters. The van der Waals surface area contributed by atoms with Crippen molar-refractivity contribution >= 4 is 38.0 Å². The van der Waals surface area contributed by atoms with Crippen molar-refractivity contribution in [2.45, 2.75) is 19.4 Å². The summed E-state index contributed by atoms with van der Waals surface area (Å²) in [6.07, 6.45) is 4.27. The summed E-state index contributed by atoms with van der Waals surface area (Å²) in [5.74, 6) is 0.769. The summed E-state index contributed by atoms with van der Waals surface area (Å²) >= 11 is 3.19. The van der Waals surface area contributed by atoms with Crippen LogP contribution in [-0.2, 0) is 0 Å². The second-order valence-electron chi connectivity index (χ2n) is 4.17. The van der Waals surface area contributed by atoms with Crippen LogP contribution in [0.25, 0.3) is 9.40 Å². The van der Waals surface area contributed by atoms with Crippen LogP contribution in [0.1, 0.15) is 34.9 Å². The van der Waals surface area contributed by atoms with Crippen LogP contribution < -0.4 is 5.32 Å². The number of fused-ring (bicyclic) bond motifs is 1. The maximum atomic E-state index is 12.2. The van der Waals surface area contributed by atoms with Gasteiger partial charge in [0, 0.05) is 21.8 Å². The lowest BCUT2D eigenvalue weighted by Gasteiger charge is -2.13. The number of imidazole rings is 1. The zero-order chi connectivity index (χ0) is 13.2. The second kappa shape index (κ2) is 5.14. The fourth-order valence-electron chi connectivity index (χ4n) is 1.94. The van der Waals surface area contributed by atoms with Crippen molar-refractivity contribution in [3.05, 3.63) is 40.6 Å². The normalized spacial score (nSPS) is 12.7. The highest BCUT2D eigenvalue weighted by Crippen LogP contribution is 2.30. The first kappa shape index (κ1) is 12.4. The Hall–Kier alpha value is -1.66. The van der Waals surface area contributed by atoms with Gasteiger partial charge in [-0.2, -0.15) is 0 Å². The molecule has 3 aromatic rings. The van der Waals surface area contributed by atoms with Crippen LogP contribution in [0.5, 0.6) is 0 Å². The van der Waals surface area contributed by atoms with E-state index in [-0.39, 0.29) is 11.9 Å². The van der Waals surface area contributed by atoms with Gasteiger partial charge in [0.2, 0.25) is 0 Å². The van der Waals surface area contributed by atoms with E-state index < -0.39 is 0 Å². The fourth-order valence-corrected chi connectivity index (χ4v) is 3.95. The lowest BCUT2D eigenvalue weighted by molar-refractivity contribution is 0.0938. The average molecular weight is 291 g/mol. The molecule has 1 amide bonds. The molecule has 0 spiro atoms. The molecule has 0 saturated heterocycles. The highest BCUT2D eigenvalue weighted by atomic mass is 32.1. The Bertz CT molecular complexity index is 655. The number of amides is 1. The molecule has 0 saturated carbocycles. The highest BCUT2D eigenvalue weighted by molar-refractivity contribution is 7.27. The number of aromatic nitrogens is 2. The van der Waals surface area contributed by atoms with E-state index in [2.05, 4.69) is 15.3 Å². The number of H-pyrrole nitrogens is 1. The summed E-state index contributed by atoms with van der Waals surface area (Å²) in [6.45, 7) is 2.03. The van der Waals surface area contributed by atoms with Gasteiger partial charge < -0.3 is 10.3 Å². The zero-order valence-corrected chi connectivity index (χ0v) is 12.0. The topological polar surface area (TPSA) is 57.8 Å². The highest BCUT2D eigenvalue weighted by Gasteiger charge is 2.17. The Kier molecular flexibility index (Phi) is 3.35. The molecule has 3 rings (SSSR count). The molecule has 3 heterocycles. The van der Waals surface area contributed by atoms with Crippen molar-refractivity contribution in [3.8, 4) is 0 Å². The third-order valence-electron chi connectivity index (χ3n) is 2.93. The number of rotatable bonds is 4. The minimum absolute atomic E-state index is 0.0309. The van der Waals surface area contributed by atoms with E-state index in [0.29, 0.717) is 0 Å². The quantitative estimate of drug-likeness (QED) is 0.772. The number of carbonyl (C=O) groups is 1. The van der Waals surface area contributed by atoms with Gasteiger partial charge in [0.05, 0.1) is 10.9 Å². The van der Waals surface area contributed by atoms with Crippen LogP contribution in [-0.4, -0.2) is 15.9 Å². The maximum absolute atomic E-state index is 12.2. The van der Waals surface area contributed by atoms with E-state index in [9.17, 15) is 4.79 Å². The Morgan fingerprint density at radius 2 is 2.42 bits per heavy atom. The monoisotopic (exact) mass is 291 g/mol. The third kappa shape index (κ3) is 2.41. The van der Waals surface area contributed by atoms with Crippen LogP contribution in [0, 0.1) is 0 Å². The van der Waals surface area contributed by atoms with Crippen LogP contribution in [0.15, 0.2) is 29.9 Å². The van der Waals surface area contributed by atoms with Crippen molar-refractivity contribution in [1.82, 2.24) is 15.3 Å². The average Bonchev–Trinajstić information content (AvgIpc) is 3.09. The molecule has 0 fully saturated rings. The van der Waals surface area contributed by atoms with Gasteiger partial charge in [0.15, 0.2) is 0 Å². The van der Waals surface area contributed by atoms with Crippen LogP contribution in [0.2, 0.25) is 0 Å². The summed E-state index contributed by atoms with van der Waals surface area (Å²) in [5.41, 5.74) is 0. The van der Waals surface area contributed by atoms with Crippen LogP contribution >= 0.6 is 22.7 Å². The van der Waals surface area contributed by atoms with Gasteiger partial charge in [0.25, 0.3) is 5.91 Å².